The Morgan fingerprint density at radius 2 is 2.45 bits per heavy atom. The fraction of sp³-hybridized carbons (Fsp3) is 0.875. The minimum Gasteiger partial charge on any atom is -0.359 e. The van der Waals surface area contributed by atoms with E-state index in [-0.39, 0.29) is 18.7 Å². The number of hydrogen-bond donors (Lipinski definition) is 0. The Morgan fingerprint density at radius 3 is 3.00 bits per heavy atom. The molecule has 0 amide bonds. The Hall–Kier alpha value is -0.410. The van der Waals surface area contributed by atoms with Gasteiger partial charge in [-0.25, -0.2) is 0 Å². The number of ketones is 1. The number of fused-ring (bicyclic) bond motifs is 1. The minimum absolute atomic E-state index is 0.139. The highest BCUT2D eigenvalue weighted by molar-refractivity contribution is 5.87. The molecule has 3 unspecified atom stereocenters. The lowest BCUT2D eigenvalue weighted by Gasteiger charge is -2.10. The molecule has 2 rings (SSSR count). The van der Waals surface area contributed by atoms with Crippen LogP contribution >= 0.6 is 0 Å². The monoisotopic (exact) mass is 156 g/mol. The van der Waals surface area contributed by atoms with E-state index >= 15 is 0 Å². The van der Waals surface area contributed by atoms with Gasteiger partial charge >= 0.3 is 0 Å². The summed E-state index contributed by atoms with van der Waals surface area (Å²) in [5.41, 5.74) is 0. The highest BCUT2D eigenvalue weighted by atomic mass is 16.7. The van der Waals surface area contributed by atoms with Crippen LogP contribution < -0.4 is 0 Å². The average Bonchev–Trinajstić information content (AvgIpc) is 2.64. The zero-order valence-corrected chi connectivity index (χ0v) is 6.58. The number of hydrogen-bond acceptors (Lipinski definition) is 3. The highest BCUT2D eigenvalue weighted by Crippen LogP contribution is 2.51. The van der Waals surface area contributed by atoms with Gasteiger partial charge in [-0.05, 0) is 18.3 Å². The SMILES string of the molecule is COCOC1C(=O)CC2CC21. The molecule has 0 N–H and O–H groups in total. The van der Waals surface area contributed by atoms with Crippen LogP contribution in [-0.4, -0.2) is 25.8 Å². The average molecular weight is 156 g/mol. The molecular weight excluding hydrogens is 144 g/mol. The molecule has 0 aromatic heterocycles. The number of carbonyl (C=O) groups is 1. The molecule has 2 saturated carbocycles. The normalized spacial score (nSPS) is 40.8. The van der Waals surface area contributed by atoms with Gasteiger partial charge in [0.1, 0.15) is 12.9 Å². The first-order valence-corrected chi connectivity index (χ1v) is 3.96. The second-order valence-corrected chi connectivity index (χ2v) is 3.32. The van der Waals surface area contributed by atoms with Crippen molar-refractivity contribution in [1.29, 1.82) is 0 Å². The number of methoxy groups -OCH3 is 1. The van der Waals surface area contributed by atoms with Crippen molar-refractivity contribution in [2.45, 2.75) is 18.9 Å². The fourth-order valence-corrected chi connectivity index (χ4v) is 1.85. The van der Waals surface area contributed by atoms with Crippen molar-refractivity contribution < 1.29 is 14.3 Å². The molecule has 2 aliphatic carbocycles. The van der Waals surface area contributed by atoms with E-state index in [2.05, 4.69) is 0 Å². The molecule has 0 aromatic rings. The van der Waals surface area contributed by atoms with E-state index < -0.39 is 0 Å². The van der Waals surface area contributed by atoms with Crippen LogP contribution in [0, 0.1) is 11.8 Å². The van der Waals surface area contributed by atoms with Crippen LogP contribution in [0.5, 0.6) is 0 Å². The Bertz CT molecular complexity index is 178. The first-order valence-electron chi connectivity index (χ1n) is 3.96. The van der Waals surface area contributed by atoms with Gasteiger partial charge in [0.25, 0.3) is 0 Å². The number of ether oxygens (including phenoxy) is 2. The van der Waals surface area contributed by atoms with Gasteiger partial charge in [-0.3, -0.25) is 4.79 Å². The Kier molecular flexibility index (Phi) is 1.69. The second kappa shape index (κ2) is 2.57. The van der Waals surface area contributed by atoms with E-state index in [1.807, 2.05) is 0 Å². The molecule has 2 fully saturated rings. The summed E-state index contributed by atoms with van der Waals surface area (Å²) in [5.74, 6) is 1.44. The van der Waals surface area contributed by atoms with Crippen LogP contribution in [0.1, 0.15) is 12.8 Å². The van der Waals surface area contributed by atoms with Gasteiger partial charge < -0.3 is 9.47 Å². The molecule has 0 radical (unpaired) electrons. The summed E-state index contributed by atoms with van der Waals surface area (Å²) >= 11 is 0. The summed E-state index contributed by atoms with van der Waals surface area (Å²) in [4.78, 5) is 11.1. The van der Waals surface area contributed by atoms with Gasteiger partial charge in [0, 0.05) is 13.5 Å². The van der Waals surface area contributed by atoms with Crippen LogP contribution in [0.25, 0.3) is 0 Å². The van der Waals surface area contributed by atoms with Gasteiger partial charge in [0.15, 0.2) is 5.78 Å². The smallest absolute Gasteiger partial charge is 0.162 e. The van der Waals surface area contributed by atoms with Crippen molar-refractivity contribution in [2.75, 3.05) is 13.9 Å². The summed E-state index contributed by atoms with van der Waals surface area (Å²) in [6.45, 7) is 0.250. The summed E-state index contributed by atoms with van der Waals surface area (Å²) in [6.07, 6.45) is 1.78. The van der Waals surface area contributed by atoms with Crippen LogP contribution in [0.2, 0.25) is 0 Å². The molecule has 11 heavy (non-hydrogen) atoms. The zero-order chi connectivity index (χ0) is 7.84. The lowest BCUT2D eigenvalue weighted by atomic mass is 10.2. The summed E-state index contributed by atoms with van der Waals surface area (Å²) in [7, 11) is 1.57. The minimum atomic E-state index is -0.139. The molecule has 0 saturated heterocycles. The standard InChI is InChI=1S/C8H12O3/c1-10-4-11-8-6-2-5(6)3-7(8)9/h5-6,8H,2-4H2,1H3. The Balaban J connectivity index is 1.86. The third-order valence-electron chi connectivity index (χ3n) is 2.51. The number of carbonyl (C=O) groups excluding carboxylic acids is 1. The van der Waals surface area contributed by atoms with Crippen molar-refractivity contribution in [3.05, 3.63) is 0 Å². The molecule has 0 bridgehead atoms. The van der Waals surface area contributed by atoms with Crippen molar-refractivity contribution in [2.24, 2.45) is 11.8 Å². The maximum absolute atomic E-state index is 11.1. The molecule has 3 atom stereocenters. The molecule has 62 valence electrons. The van der Waals surface area contributed by atoms with Gasteiger partial charge in [0.2, 0.25) is 0 Å². The van der Waals surface area contributed by atoms with E-state index in [0.29, 0.717) is 11.8 Å². The van der Waals surface area contributed by atoms with Gasteiger partial charge in [0.05, 0.1) is 0 Å². The predicted octanol–water partition coefficient (Wildman–Crippen LogP) is 0.584. The second-order valence-electron chi connectivity index (χ2n) is 3.32. The van der Waals surface area contributed by atoms with Crippen LogP contribution in [0.4, 0.5) is 0 Å². The largest absolute Gasteiger partial charge is 0.359 e. The third-order valence-corrected chi connectivity index (χ3v) is 2.51. The van der Waals surface area contributed by atoms with Crippen molar-refractivity contribution >= 4 is 5.78 Å². The maximum Gasteiger partial charge on any atom is 0.162 e. The molecule has 0 aliphatic heterocycles. The van der Waals surface area contributed by atoms with E-state index in [9.17, 15) is 4.79 Å². The number of Topliss-reactive ketones (excluding diaryl/α,β-unsaturated/α-hetero) is 1. The van der Waals surface area contributed by atoms with Crippen molar-refractivity contribution in [3.8, 4) is 0 Å². The fourth-order valence-electron chi connectivity index (χ4n) is 1.85. The molecule has 0 heterocycles. The molecule has 0 aromatic carbocycles. The Morgan fingerprint density at radius 1 is 1.64 bits per heavy atom. The first-order chi connectivity index (χ1) is 5.33. The van der Waals surface area contributed by atoms with Gasteiger partial charge in [-0.2, -0.15) is 0 Å². The van der Waals surface area contributed by atoms with E-state index in [0.717, 1.165) is 6.42 Å². The molecule has 3 heteroatoms. The van der Waals surface area contributed by atoms with Crippen molar-refractivity contribution in [3.63, 3.8) is 0 Å². The quantitative estimate of drug-likeness (QED) is 0.561. The highest BCUT2D eigenvalue weighted by Gasteiger charge is 2.53. The zero-order valence-electron chi connectivity index (χ0n) is 6.58. The lowest BCUT2D eigenvalue weighted by Crippen LogP contribution is -2.22. The molecule has 3 nitrogen and oxygen atoms in total. The Labute approximate surface area is 65.7 Å². The van der Waals surface area contributed by atoms with Crippen molar-refractivity contribution in [1.82, 2.24) is 0 Å². The van der Waals surface area contributed by atoms with Crippen LogP contribution in [-0.2, 0) is 14.3 Å². The summed E-state index contributed by atoms with van der Waals surface area (Å²) in [5, 5.41) is 0. The lowest BCUT2D eigenvalue weighted by molar-refractivity contribution is -0.138. The van der Waals surface area contributed by atoms with Gasteiger partial charge in [-0.1, -0.05) is 0 Å². The molecule has 0 spiro atoms. The van der Waals surface area contributed by atoms with Gasteiger partial charge in [-0.15, -0.1) is 0 Å². The van der Waals surface area contributed by atoms with E-state index in [1.165, 1.54) is 6.42 Å². The topological polar surface area (TPSA) is 35.5 Å². The first kappa shape index (κ1) is 7.25. The predicted molar refractivity (Wildman–Crippen MR) is 38.0 cm³/mol. The molecular formula is C8H12O3. The summed E-state index contributed by atoms with van der Waals surface area (Å²) in [6, 6.07) is 0. The van der Waals surface area contributed by atoms with Crippen LogP contribution in [0.15, 0.2) is 0 Å². The van der Waals surface area contributed by atoms with Crippen LogP contribution in [0.3, 0.4) is 0 Å². The van der Waals surface area contributed by atoms with E-state index in [4.69, 9.17) is 9.47 Å². The molecule has 2 aliphatic rings. The summed E-state index contributed by atoms with van der Waals surface area (Å²) < 4.78 is 9.99. The van der Waals surface area contributed by atoms with E-state index in [1.54, 1.807) is 7.11 Å². The number of rotatable bonds is 3. The maximum atomic E-state index is 11.1. The third kappa shape index (κ3) is 1.19.